The molecule has 1 aromatic carbocycles. The molecule has 0 aromatic heterocycles. The molecule has 1 unspecified atom stereocenters. The molecule has 0 radical (unpaired) electrons. The predicted molar refractivity (Wildman–Crippen MR) is 82.8 cm³/mol. The molecule has 114 valence electrons. The molecule has 0 spiro atoms. The quantitative estimate of drug-likeness (QED) is 0.767. The minimum atomic E-state index is -0.289. The van der Waals surface area contributed by atoms with Gasteiger partial charge in [-0.05, 0) is 51.6 Å². The van der Waals surface area contributed by atoms with Crippen LogP contribution in [0.25, 0.3) is 0 Å². The van der Waals surface area contributed by atoms with E-state index >= 15 is 0 Å². The zero-order valence-electron chi connectivity index (χ0n) is 12.7. The maximum atomic E-state index is 11.8. The minimum Gasteiger partial charge on any atom is -0.393 e. The van der Waals surface area contributed by atoms with Gasteiger partial charge in [-0.1, -0.05) is 6.07 Å². The Hall–Kier alpha value is -1.90. The summed E-state index contributed by atoms with van der Waals surface area (Å²) in [6.45, 7) is 3.42. The van der Waals surface area contributed by atoms with Crippen molar-refractivity contribution in [1.29, 1.82) is 5.26 Å². The van der Waals surface area contributed by atoms with E-state index < -0.39 is 0 Å². The second-order valence-electron chi connectivity index (χ2n) is 5.29. The van der Waals surface area contributed by atoms with E-state index in [1.54, 1.807) is 31.2 Å². The maximum absolute atomic E-state index is 11.8. The van der Waals surface area contributed by atoms with Gasteiger partial charge in [-0.3, -0.25) is 4.79 Å². The number of amides is 1. The number of nitrogens with zero attached hydrogens (tertiary/aromatic N) is 2. The van der Waals surface area contributed by atoms with Crippen molar-refractivity contribution in [2.45, 2.75) is 32.3 Å². The third-order valence-electron chi connectivity index (χ3n) is 3.15. The first-order chi connectivity index (χ1) is 10.0. The molecule has 0 bridgehead atoms. The van der Waals surface area contributed by atoms with Gasteiger partial charge in [0.15, 0.2) is 0 Å². The van der Waals surface area contributed by atoms with Gasteiger partial charge in [0, 0.05) is 18.7 Å². The first kappa shape index (κ1) is 17.2. The molecule has 0 aliphatic rings. The second kappa shape index (κ2) is 9.11. The van der Waals surface area contributed by atoms with Gasteiger partial charge in [0.25, 0.3) is 0 Å². The van der Waals surface area contributed by atoms with E-state index in [9.17, 15) is 9.90 Å². The fourth-order valence-corrected chi connectivity index (χ4v) is 1.92. The van der Waals surface area contributed by atoms with Gasteiger partial charge in [0.1, 0.15) is 0 Å². The average Bonchev–Trinajstić information content (AvgIpc) is 2.45. The van der Waals surface area contributed by atoms with Gasteiger partial charge in [-0.25, -0.2) is 0 Å². The lowest BCUT2D eigenvalue weighted by Crippen LogP contribution is -2.24. The minimum absolute atomic E-state index is 0.0472. The number of nitrogens with one attached hydrogen (secondary N) is 1. The number of hydrogen-bond acceptors (Lipinski definition) is 4. The SMILES string of the molecule is CC(O)CCN(C)CCCC(=O)Nc1cccc(C#N)c1. The van der Waals surface area contributed by atoms with Crippen LogP contribution in [-0.4, -0.2) is 42.2 Å². The normalized spacial score (nSPS) is 12.0. The van der Waals surface area contributed by atoms with Gasteiger partial charge in [0.05, 0.1) is 17.7 Å². The summed E-state index contributed by atoms with van der Waals surface area (Å²) in [5.74, 6) is -0.0472. The van der Waals surface area contributed by atoms with Crippen LogP contribution in [-0.2, 0) is 4.79 Å². The fraction of sp³-hybridized carbons (Fsp3) is 0.500. The summed E-state index contributed by atoms with van der Waals surface area (Å²) in [6, 6.07) is 8.92. The van der Waals surface area contributed by atoms with E-state index in [0.29, 0.717) is 17.7 Å². The average molecular weight is 289 g/mol. The van der Waals surface area contributed by atoms with E-state index in [-0.39, 0.29) is 12.0 Å². The van der Waals surface area contributed by atoms with Crippen molar-refractivity contribution in [3.63, 3.8) is 0 Å². The summed E-state index contributed by atoms with van der Waals surface area (Å²) in [5.41, 5.74) is 1.19. The summed E-state index contributed by atoms with van der Waals surface area (Å²) in [5, 5.41) is 20.8. The zero-order chi connectivity index (χ0) is 15.7. The highest BCUT2D eigenvalue weighted by atomic mass is 16.3. The molecule has 1 amide bonds. The Bertz CT molecular complexity index is 495. The van der Waals surface area contributed by atoms with E-state index in [2.05, 4.69) is 10.2 Å². The van der Waals surface area contributed by atoms with Crippen LogP contribution in [0.3, 0.4) is 0 Å². The second-order valence-corrected chi connectivity index (χ2v) is 5.29. The van der Waals surface area contributed by atoms with Crippen molar-refractivity contribution in [1.82, 2.24) is 4.90 Å². The highest BCUT2D eigenvalue weighted by Crippen LogP contribution is 2.10. The van der Waals surface area contributed by atoms with Crippen molar-refractivity contribution in [2.24, 2.45) is 0 Å². The van der Waals surface area contributed by atoms with Crippen LogP contribution in [0, 0.1) is 11.3 Å². The summed E-state index contributed by atoms with van der Waals surface area (Å²) in [4.78, 5) is 13.9. The molecular weight excluding hydrogens is 266 g/mol. The van der Waals surface area contributed by atoms with Crippen LogP contribution < -0.4 is 5.32 Å². The number of anilines is 1. The van der Waals surface area contributed by atoms with Crippen LogP contribution in [0.2, 0.25) is 0 Å². The molecule has 1 atom stereocenters. The van der Waals surface area contributed by atoms with Gasteiger partial charge >= 0.3 is 0 Å². The number of rotatable bonds is 8. The fourth-order valence-electron chi connectivity index (χ4n) is 1.92. The lowest BCUT2D eigenvalue weighted by Gasteiger charge is -2.17. The Kier molecular flexibility index (Phi) is 7.44. The molecular formula is C16H23N3O2. The summed E-state index contributed by atoms with van der Waals surface area (Å²) in [7, 11) is 1.98. The van der Waals surface area contributed by atoms with Crippen LogP contribution >= 0.6 is 0 Å². The standard InChI is InChI=1S/C16H23N3O2/c1-13(20)8-10-19(2)9-4-7-16(21)18-15-6-3-5-14(11-15)12-17/h3,5-6,11,13,20H,4,7-10H2,1-2H3,(H,18,21). The number of aliphatic hydroxyl groups is 1. The highest BCUT2D eigenvalue weighted by Gasteiger charge is 2.05. The van der Waals surface area contributed by atoms with Crippen molar-refractivity contribution in [3.8, 4) is 6.07 Å². The molecule has 0 saturated heterocycles. The Morgan fingerprint density at radius 2 is 2.24 bits per heavy atom. The Morgan fingerprint density at radius 3 is 2.90 bits per heavy atom. The molecule has 1 rings (SSSR count). The van der Waals surface area contributed by atoms with E-state index in [4.69, 9.17) is 5.26 Å². The molecule has 0 saturated carbocycles. The molecule has 0 aliphatic heterocycles. The highest BCUT2D eigenvalue weighted by molar-refractivity contribution is 5.90. The van der Waals surface area contributed by atoms with Crippen LogP contribution in [0.5, 0.6) is 0 Å². The van der Waals surface area contributed by atoms with Gasteiger partial charge in [-0.15, -0.1) is 0 Å². The largest absolute Gasteiger partial charge is 0.393 e. The molecule has 5 nitrogen and oxygen atoms in total. The first-order valence-corrected chi connectivity index (χ1v) is 7.18. The molecule has 5 heteroatoms. The lowest BCUT2D eigenvalue weighted by molar-refractivity contribution is -0.116. The van der Waals surface area contributed by atoms with Gasteiger partial charge < -0.3 is 15.3 Å². The number of carbonyl (C=O) groups is 1. The van der Waals surface area contributed by atoms with Crippen molar-refractivity contribution in [3.05, 3.63) is 29.8 Å². The predicted octanol–water partition coefficient (Wildman–Crippen LogP) is 1.98. The third-order valence-corrected chi connectivity index (χ3v) is 3.15. The Morgan fingerprint density at radius 1 is 1.48 bits per heavy atom. The van der Waals surface area contributed by atoms with Crippen LogP contribution in [0.4, 0.5) is 5.69 Å². The number of aliphatic hydroxyl groups excluding tert-OH is 1. The van der Waals surface area contributed by atoms with Gasteiger partial charge in [0.2, 0.25) is 5.91 Å². The summed E-state index contributed by atoms with van der Waals surface area (Å²) < 4.78 is 0. The Balaban J connectivity index is 2.26. The van der Waals surface area contributed by atoms with Crippen LogP contribution in [0.15, 0.2) is 24.3 Å². The molecule has 0 heterocycles. The third kappa shape index (κ3) is 7.45. The number of benzene rings is 1. The molecule has 21 heavy (non-hydrogen) atoms. The van der Waals surface area contributed by atoms with Crippen molar-refractivity contribution in [2.75, 3.05) is 25.5 Å². The van der Waals surface area contributed by atoms with Crippen LogP contribution in [0.1, 0.15) is 31.7 Å². The molecule has 0 aliphatic carbocycles. The van der Waals surface area contributed by atoms with Crippen molar-refractivity contribution < 1.29 is 9.90 Å². The molecule has 2 N–H and O–H groups in total. The van der Waals surface area contributed by atoms with Crippen molar-refractivity contribution >= 4 is 11.6 Å². The number of hydrogen-bond donors (Lipinski definition) is 2. The first-order valence-electron chi connectivity index (χ1n) is 7.18. The number of carbonyl (C=O) groups excluding carboxylic acids is 1. The molecule has 0 fully saturated rings. The smallest absolute Gasteiger partial charge is 0.224 e. The molecule has 1 aromatic rings. The monoisotopic (exact) mass is 289 g/mol. The summed E-state index contributed by atoms with van der Waals surface area (Å²) in [6.07, 6.45) is 1.66. The van der Waals surface area contributed by atoms with E-state index in [1.165, 1.54) is 0 Å². The topological polar surface area (TPSA) is 76.4 Å². The lowest BCUT2D eigenvalue weighted by atomic mass is 10.2. The van der Waals surface area contributed by atoms with E-state index in [0.717, 1.165) is 25.9 Å². The van der Waals surface area contributed by atoms with Gasteiger partial charge in [-0.2, -0.15) is 5.26 Å². The maximum Gasteiger partial charge on any atom is 0.224 e. The zero-order valence-corrected chi connectivity index (χ0v) is 12.7. The number of nitriles is 1. The Labute approximate surface area is 126 Å². The summed E-state index contributed by atoms with van der Waals surface area (Å²) >= 11 is 0. The van der Waals surface area contributed by atoms with E-state index in [1.807, 2.05) is 13.1 Å².